The van der Waals surface area contributed by atoms with Gasteiger partial charge in [0, 0.05) is 17.1 Å². The van der Waals surface area contributed by atoms with Gasteiger partial charge in [0.25, 0.3) is 11.1 Å². The fourth-order valence-corrected chi connectivity index (χ4v) is 4.64. The minimum Gasteiger partial charge on any atom is -0.465 e. The lowest BCUT2D eigenvalue weighted by Gasteiger charge is -2.14. The monoisotopic (exact) mass is 446 g/mol. The Balaban J connectivity index is 1.74. The van der Waals surface area contributed by atoms with Gasteiger partial charge >= 0.3 is 5.97 Å². The van der Waals surface area contributed by atoms with Crippen molar-refractivity contribution in [2.24, 2.45) is 0 Å². The highest BCUT2D eigenvalue weighted by atomic mass is 32.2. The van der Waals surface area contributed by atoms with E-state index in [-0.39, 0.29) is 11.1 Å². The van der Waals surface area contributed by atoms with Gasteiger partial charge in [-0.25, -0.2) is 9.69 Å². The van der Waals surface area contributed by atoms with Gasteiger partial charge in [0.1, 0.15) is 0 Å². The average Bonchev–Trinajstić information content (AvgIpc) is 3.22. The number of carbonyl (C=O) groups is 3. The van der Waals surface area contributed by atoms with E-state index >= 15 is 0 Å². The van der Waals surface area contributed by atoms with Crippen molar-refractivity contribution < 1.29 is 19.1 Å². The molecule has 1 fully saturated rings. The molecular weight excluding hydrogens is 424 g/mol. The summed E-state index contributed by atoms with van der Waals surface area (Å²) in [5.74, 6) is -0.733. The maximum atomic E-state index is 13.0. The quantitative estimate of drug-likeness (QED) is 0.395. The predicted octanol–water partition coefficient (Wildman–Crippen LogP) is 5.43. The Labute approximate surface area is 190 Å². The number of anilines is 1. The van der Waals surface area contributed by atoms with Gasteiger partial charge < -0.3 is 9.30 Å². The number of benzene rings is 2. The second kappa shape index (κ2) is 8.51. The SMILES string of the molecule is COC(=O)c1ccc(C)c(-n2c(C)cc(/C=C3\SC(=O)N(c4ccccc4)C3=O)c2C)c1. The molecule has 0 bridgehead atoms. The number of carbonyl (C=O) groups excluding carboxylic acids is 3. The molecule has 32 heavy (non-hydrogen) atoms. The molecule has 0 saturated carbocycles. The Hall–Kier alpha value is -3.58. The van der Waals surface area contributed by atoms with Crippen LogP contribution in [-0.2, 0) is 9.53 Å². The number of amides is 2. The number of esters is 1. The number of thioether (sulfide) groups is 1. The maximum Gasteiger partial charge on any atom is 0.337 e. The van der Waals surface area contributed by atoms with Crippen molar-refractivity contribution in [2.45, 2.75) is 20.8 Å². The first-order chi connectivity index (χ1) is 15.3. The zero-order chi connectivity index (χ0) is 23.0. The molecule has 0 aliphatic carbocycles. The van der Waals surface area contributed by atoms with Gasteiger partial charge in [0.15, 0.2) is 0 Å². The van der Waals surface area contributed by atoms with E-state index in [9.17, 15) is 14.4 Å². The van der Waals surface area contributed by atoms with E-state index in [0.29, 0.717) is 16.2 Å². The molecular formula is C25H22N2O4S. The van der Waals surface area contributed by atoms with Crippen molar-refractivity contribution in [2.75, 3.05) is 12.0 Å². The lowest BCUT2D eigenvalue weighted by atomic mass is 10.1. The Morgan fingerprint density at radius 1 is 1.00 bits per heavy atom. The van der Waals surface area contributed by atoms with Crippen LogP contribution in [0.2, 0.25) is 0 Å². The third-order valence-corrected chi connectivity index (χ3v) is 6.31. The van der Waals surface area contributed by atoms with Crippen LogP contribution in [0, 0.1) is 20.8 Å². The zero-order valence-electron chi connectivity index (χ0n) is 18.2. The van der Waals surface area contributed by atoms with Gasteiger partial charge in [0.05, 0.1) is 23.3 Å². The molecule has 2 aromatic carbocycles. The minimum atomic E-state index is -0.400. The largest absolute Gasteiger partial charge is 0.465 e. The highest BCUT2D eigenvalue weighted by molar-refractivity contribution is 8.19. The third-order valence-electron chi connectivity index (χ3n) is 5.44. The first-order valence-corrected chi connectivity index (χ1v) is 10.8. The molecule has 7 heteroatoms. The molecule has 1 aliphatic heterocycles. The summed E-state index contributed by atoms with van der Waals surface area (Å²) < 4.78 is 6.89. The molecule has 2 heterocycles. The maximum absolute atomic E-state index is 13.0. The Morgan fingerprint density at radius 2 is 1.72 bits per heavy atom. The normalized spacial score (nSPS) is 15.0. The van der Waals surface area contributed by atoms with E-state index in [4.69, 9.17) is 4.74 Å². The van der Waals surface area contributed by atoms with E-state index in [1.165, 1.54) is 12.0 Å². The molecule has 0 N–H and O–H groups in total. The van der Waals surface area contributed by atoms with Crippen molar-refractivity contribution in [3.63, 3.8) is 0 Å². The number of hydrogen-bond acceptors (Lipinski definition) is 5. The molecule has 0 atom stereocenters. The highest BCUT2D eigenvalue weighted by Gasteiger charge is 2.36. The molecule has 4 rings (SSSR count). The topological polar surface area (TPSA) is 68.6 Å². The number of methoxy groups -OCH3 is 1. The first kappa shape index (κ1) is 21.6. The number of imide groups is 1. The van der Waals surface area contributed by atoms with Crippen molar-refractivity contribution in [1.82, 2.24) is 4.57 Å². The fourth-order valence-electron chi connectivity index (χ4n) is 3.81. The molecule has 2 amide bonds. The standard InChI is InChI=1S/C25H22N2O4S/c1-15-10-11-18(24(29)31-4)13-21(15)26-16(2)12-19(17(26)3)14-22-23(28)27(25(30)32-22)20-8-6-5-7-9-20/h5-14H,1-4H3/b22-14-. The predicted molar refractivity (Wildman–Crippen MR) is 126 cm³/mol. The Kier molecular flexibility index (Phi) is 5.76. The summed E-state index contributed by atoms with van der Waals surface area (Å²) in [6, 6.07) is 16.3. The third kappa shape index (κ3) is 3.76. The number of ether oxygens (including phenoxy) is 1. The van der Waals surface area contributed by atoms with Crippen LogP contribution in [0.25, 0.3) is 11.8 Å². The van der Waals surface area contributed by atoms with Crippen LogP contribution in [0.15, 0.2) is 59.5 Å². The second-order valence-electron chi connectivity index (χ2n) is 7.51. The molecule has 0 unspecified atom stereocenters. The number of nitrogens with zero attached hydrogens (tertiary/aromatic N) is 2. The molecule has 6 nitrogen and oxygen atoms in total. The summed E-state index contributed by atoms with van der Waals surface area (Å²) in [6.07, 6.45) is 1.76. The number of rotatable bonds is 4. The van der Waals surface area contributed by atoms with Crippen molar-refractivity contribution in [1.29, 1.82) is 0 Å². The van der Waals surface area contributed by atoms with Gasteiger partial charge in [-0.1, -0.05) is 24.3 Å². The summed E-state index contributed by atoms with van der Waals surface area (Å²) in [4.78, 5) is 39.1. The van der Waals surface area contributed by atoms with Crippen molar-refractivity contribution >= 4 is 40.6 Å². The van der Waals surface area contributed by atoms with Crippen LogP contribution in [0.4, 0.5) is 10.5 Å². The van der Waals surface area contributed by atoms with Gasteiger partial charge in [-0.15, -0.1) is 0 Å². The number of aryl methyl sites for hydroxylation is 2. The van der Waals surface area contributed by atoms with E-state index in [1.54, 1.807) is 42.5 Å². The molecule has 3 aromatic rings. The molecule has 0 spiro atoms. The summed E-state index contributed by atoms with van der Waals surface area (Å²) in [7, 11) is 1.36. The number of hydrogen-bond donors (Lipinski definition) is 0. The molecule has 1 saturated heterocycles. The molecule has 1 aliphatic rings. The summed E-state index contributed by atoms with van der Waals surface area (Å²) in [6.45, 7) is 5.88. The van der Waals surface area contributed by atoms with Crippen LogP contribution in [-0.4, -0.2) is 28.8 Å². The zero-order valence-corrected chi connectivity index (χ0v) is 19.0. The lowest BCUT2D eigenvalue weighted by molar-refractivity contribution is -0.113. The first-order valence-electron chi connectivity index (χ1n) is 10.0. The summed E-state index contributed by atoms with van der Waals surface area (Å²) in [5.41, 5.74) is 5.56. The van der Waals surface area contributed by atoms with Gasteiger partial charge in [-0.2, -0.15) is 0 Å². The van der Waals surface area contributed by atoms with Crippen LogP contribution in [0.3, 0.4) is 0 Å². The van der Waals surface area contributed by atoms with E-state index in [2.05, 4.69) is 0 Å². The Morgan fingerprint density at radius 3 is 2.41 bits per heavy atom. The smallest absolute Gasteiger partial charge is 0.337 e. The van der Waals surface area contributed by atoms with Gasteiger partial charge in [-0.05, 0) is 80.1 Å². The summed E-state index contributed by atoms with van der Waals surface area (Å²) >= 11 is 0.932. The summed E-state index contributed by atoms with van der Waals surface area (Å²) in [5, 5.41) is -0.317. The van der Waals surface area contributed by atoms with Crippen LogP contribution < -0.4 is 4.90 Å². The number of aromatic nitrogens is 1. The fraction of sp³-hybridized carbons (Fsp3) is 0.160. The van der Waals surface area contributed by atoms with Crippen LogP contribution in [0.1, 0.15) is 32.9 Å². The Bertz CT molecular complexity index is 1270. The van der Waals surface area contributed by atoms with E-state index < -0.39 is 5.97 Å². The van der Waals surface area contributed by atoms with E-state index in [0.717, 1.165) is 40.0 Å². The lowest BCUT2D eigenvalue weighted by Crippen LogP contribution is -2.27. The molecule has 162 valence electrons. The molecule has 0 radical (unpaired) electrons. The van der Waals surface area contributed by atoms with Crippen molar-refractivity contribution in [3.05, 3.63) is 87.6 Å². The highest BCUT2D eigenvalue weighted by Crippen LogP contribution is 2.36. The molecule has 1 aromatic heterocycles. The number of para-hydroxylation sites is 1. The van der Waals surface area contributed by atoms with Gasteiger partial charge in [0.2, 0.25) is 0 Å². The average molecular weight is 447 g/mol. The van der Waals surface area contributed by atoms with Crippen molar-refractivity contribution in [3.8, 4) is 5.69 Å². The van der Waals surface area contributed by atoms with Crippen LogP contribution >= 0.6 is 11.8 Å². The van der Waals surface area contributed by atoms with Gasteiger partial charge in [-0.3, -0.25) is 9.59 Å². The second-order valence-corrected chi connectivity index (χ2v) is 8.50. The van der Waals surface area contributed by atoms with Crippen LogP contribution in [0.5, 0.6) is 0 Å². The minimum absolute atomic E-state index is 0.317. The van der Waals surface area contributed by atoms with E-state index in [1.807, 2.05) is 43.5 Å².